The van der Waals surface area contributed by atoms with Crippen molar-refractivity contribution in [2.24, 2.45) is 5.73 Å². The summed E-state index contributed by atoms with van der Waals surface area (Å²) in [5, 5.41) is 0. The highest BCUT2D eigenvalue weighted by Crippen LogP contribution is 2.23. The number of nitrogens with zero attached hydrogens (tertiary/aromatic N) is 2. The maximum Gasteiger partial charge on any atom is 0.321 e. The van der Waals surface area contributed by atoms with E-state index in [2.05, 4.69) is 25.9 Å². The summed E-state index contributed by atoms with van der Waals surface area (Å²) in [6.07, 6.45) is 3.13. The van der Waals surface area contributed by atoms with E-state index in [1.165, 1.54) is 12.1 Å². The molecule has 2 rings (SSSR count). The van der Waals surface area contributed by atoms with E-state index >= 15 is 0 Å². The van der Waals surface area contributed by atoms with E-state index in [9.17, 15) is 4.39 Å². The van der Waals surface area contributed by atoms with Gasteiger partial charge in [0.05, 0.1) is 0 Å². The highest BCUT2D eigenvalue weighted by atomic mass is 79.9. The van der Waals surface area contributed by atoms with Crippen LogP contribution in [0.5, 0.6) is 11.8 Å². The molecular formula is C11H9BrFN3O. The molecule has 0 aliphatic carbocycles. The van der Waals surface area contributed by atoms with Crippen molar-refractivity contribution in [2.75, 3.05) is 0 Å². The number of rotatable bonds is 3. The van der Waals surface area contributed by atoms with E-state index < -0.39 is 5.82 Å². The Morgan fingerprint density at radius 1 is 1.24 bits per heavy atom. The first-order valence-electron chi connectivity index (χ1n) is 4.82. The van der Waals surface area contributed by atoms with E-state index in [1.807, 2.05) is 0 Å². The molecule has 0 unspecified atom stereocenters. The van der Waals surface area contributed by atoms with Crippen LogP contribution >= 0.6 is 15.9 Å². The first-order chi connectivity index (χ1) is 8.17. The van der Waals surface area contributed by atoms with Gasteiger partial charge in [-0.2, -0.15) is 0 Å². The van der Waals surface area contributed by atoms with Crippen molar-refractivity contribution in [3.8, 4) is 11.8 Å². The quantitative estimate of drug-likeness (QED) is 0.946. The van der Waals surface area contributed by atoms with Gasteiger partial charge in [-0.25, -0.2) is 14.4 Å². The topological polar surface area (TPSA) is 61.0 Å². The molecule has 88 valence electrons. The van der Waals surface area contributed by atoms with E-state index in [1.54, 1.807) is 18.5 Å². The zero-order valence-corrected chi connectivity index (χ0v) is 10.3. The van der Waals surface area contributed by atoms with Gasteiger partial charge in [-0.05, 0) is 12.1 Å². The Hall–Kier alpha value is -1.53. The molecule has 0 spiro atoms. The molecule has 0 fully saturated rings. The van der Waals surface area contributed by atoms with Gasteiger partial charge in [0.15, 0.2) is 0 Å². The largest absolute Gasteiger partial charge is 0.424 e. The lowest BCUT2D eigenvalue weighted by Gasteiger charge is -2.04. The fraction of sp³-hybridized carbons (Fsp3) is 0.0909. The van der Waals surface area contributed by atoms with Gasteiger partial charge >= 0.3 is 6.01 Å². The molecule has 1 heterocycles. The van der Waals surface area contributed by atoms with Crippen molar-refractivity contribution in [1.29, 1.82) is 0 Å². The summed E-state index contributed by atoms with van der Waals surface area (Å²) in [6.45, 7) is 0.367. The third-order valence-electron chi connectivity index (χ3n) is 1.96. The first-order valence-corrected chi connectivity index (χ1v) is 5.61. The number of benzene rings is 1. The Kier molecular flexibility index (Phi) is 3.65. The molecule has 2 N–H and O–H groups in total. The summed E-state index contributed by atoms with van der Waals surface area (Å²) in [7, 11) is 0. The number of hydrogen-bond donors (Lipinski definition) is 1. The smallest absolute Gasteiger partial charge is 0.321 e. The van der Waals surface area contributed by atoms with E-state index in [0.29, 0.717) is 16.8 Å². The van der Waals surface area contributed by atoms with Crippen LogP contribution in [0.25, 0.3) is 0 Å². The molecule has 0 radical (unpaired) electrons. The minimum atomic E-state index is -0.395. The van der Waals surface area contributed by atoms with E-state index in [4.69, 9.17) is 10.5 Å². The Morgan fingerprint density at radius 2 is 1.94 bits per heavy atom. The summed E-state index contributed by atoms with van der Waals surface area (Å²) in [5.41, 5.74) is 6.22. The first kappa shape index (κ1) is 11.9. The lowest BCUT2D eigenvalue weighted by atomic mass is 10.3. The van der Waals surface area contributed by atoms with Crippen molar-refractivity contribution in [3.05, 3.63) is 46.4 Å². The fourth-order valence-corrected chi connectivity index (χ4v) is 1.64. The number of nitrogens with two attached hydrogens (primary N) is 1. The lowest BCUT2D eigenvalue weighted by molar-refractivity contribution is 0.436. The van der Waals surface area contributed by atoms with Crippen LogP contribution in [0.1, 0.15) is 5.56 Å². The molecule has 1 aromatic carbocycles. The Balaban J connectivity index is 2.19. The van der Waals surface area contributed by atoms with Crippen molar-refractivity contribution in [2.45, 2.75) is 6.54 Å². The second kappa shape index (κ2) is 5.20. The highest BCUT2D eigenvalue weighted by Gasteiger charge is 2.03. The number of aromatic nitrogens is 2. The molecule has 1 aromatic heterocycles. The predicted octanol–water partition coefficient (Wildman–Crippen LogP) is 2.63. The van der Waals surface area contributed by atoms with Crippen molar-refractivity contribution in [3.63, 3.8) is 0 Å². The van der Waals surface area contributed by atoms with Crippen LogP contribution in [0, 0.1) is 5.82 Å². The van der Waals surface area contributed by atoms with Crippen LogP contribution in [-0.2, 0) is 6.54 Å². The van der Waals surface area contributed by atoms with Gasteiger partial charge in [-0.3, -0.25) is 0 Å². The van der Waals surface area contributed by atoms with Crippen LogP contribution in [-0.4, -0.2) is 9.97 Å². The summed E-state index contributed by atoms with van der Waals surface area (Å²) < 4.78 is 19.0. The lowest BCUT2D eigenvalue weighted by Crippen LogP contribution is -1.99. The monoisotopic (exact) mass is 297 g/mol. The van der Waals surface area contributed by atoms with Gasteiger partial charge in [0.1, 0.15) is 11.6 Å². The fourth-order valence-electron chi connectivity index (χ4n) is 1.19. The van der Waals surface area contributed by atoms with Gasteiger partial charge in [0.25, 0.3) is 0 Å². The predicted molar refractivity (Wildman–Crippen MR) is 64.1 cm³/mol. The van der Waals surface area contributed by atoms with Gasteiger partial charge in [-0.1, -0.05) is 15.9 Å². The van der Waals surface area contributed by atoms with Crippen molar-refractivity contribution in [1.82, 2.24) is 9.97 Å². The molecule has 4 nitrogen and oxygen atoms in total. The molecule has 0 saturated heterocycles. The van der Waals surface area contributed by atoms with Gasteiger partial charge in [0.2, 0.25) is 0 Å². The third kappa shape index (κ3) is 3.21. The zero-order valence-electron chi connectivity index (χ0n) is 8.73. The minimum Gasteiger partial charge on any atom is -0.424 e. The van der Waals surface area contributed by atoms with Crippen molar-refractivity contribution < 1.29 is 9.13 Å². The maximum atomic E-state index is 13.1. The van der Waals surface area contributed by atoms with Gasteiger partial charge in [0, 0.05) is 35.0 Å². The standard InChI is InChI=1S/C11H9BrFN3O/c12-8-1-9(13)3-10(2-8)17-11-15-5-7(4-14)6-16-11/h1-3,5-6H,4,14H2. The average molecular weight is 298 g/mol. The molecular weight excluding hydrogens is 289 g/mol. The molecule has 0 atom stereocenters. The molecule has 17 heavy (non-hydrogen) atoms. The highest BCUT2D eigenvalue weighted by molar-refractivity contribution is 9.10. The summed E-state index contributed by atoms with van der Waals surface area (Å²) in [4.78, 5) is 7.91. The summed E-state index contributed by atoms with van der Waals surface area (Å²) in [5.74, 6) is -0.0645. The molecule has 0 saturated carbocycles. The van der Waals surface area contributed by atoms with Gasteiger partial charge in [-0.15, -0.1) is 0 Å². The minimum absolute atomic E-state index is 0.153. The Morgan fingerprint density at radius 3 is 2.53 bits per heavy atom. The van der Waals surface area contributed by atoms with Crippen LogP contribution < -0.4 is 10.5 Å². The zero-order chi connectivity index (χ0) is 12.3. The van der Waals surface area contributed by atoms with E-state index in [-0.39, 0.29) is 6.01 Å². The summed E-state index contributed by atoms with van der Waals surface area (Å²) in [6, 6.07) is 4.37. The average Bonchev–Trinajstić information content (AvgIpc) is 2.28. The molecule has 0 aliphatic heterocycles. The number of ether oxygens (including phenoxy) is 1. The SMILES string of the molecule is NCc1cnc(Oc2cc(F)cc(Br)c2)nc1. The normalized spacial score (nSPS) is 10.3. The molecule has 2 aromatic rings. The van der Waals surface area contributed by atoms with Crippen LogP contribution in [0.3, 0.4) is 0 Å². The van der Waals surface area contributed by atoms with Crippen LogP contribution in [0.15, 0.2) is 35.1 Å². The Bertz CT molecular complexity index is 498. The molecule has 0 aliphatic rings. The van der Waals surface area contributed by atoms with Gasteiger partial charge < -0.3 is 10.5 Å². The van der Waals surface area contributed by atoms with Crippen molar-refractivity contribution >= 4 is 15.9 Å². The van der Waals surface area contributed by atoms with Crippen LogP contribution in [0.4, 0.5) is 4.39 Å². The second-order valence-corrected chi connectivity index (χ2v) is 4.20. The second-order valence-electron chi connectivity index (χ2n) is 3.29. The molecule has 6 heteroatoms. The Labute approximate surface area is 106 Å². The van der Waals surface area contributed by atoms with E-state index in [0.717, 1.165) is 5.56 Å². The molecule has 0 amide bonds. The number of halogens is 2. The molecule has 0 bridgehead atoms. The number of hydrogen-bond acceptors (Lipinski definition) is 4. The maximum absolute atomic E-state index is 13.1. The third-order valence-corrected chi connectivity index (χ3v) is 2.42. The van der Waals surface area contributed by atoms with Crippen LogP contribution in [0.2, 0.25) is 0 Å². The summed E-state index contributed by atoms with van der Waals surface area (Å²) >= 11 is 3.17.